The van der Waals surface area contributed by atoms with Gasteiger partial charge in [0.15, 0.2) is 6.61 Å². The van der Waals surface area contributed by atoms with Crippen LogP contribution in [-0.4, -0.2) is 79.3 Å². The van der Waals surface area contributed by atoms with Gasteiger partial charge in [-0.3, -0.25) is 9.69 Å². The lowest BCUT2D eigenvalue weighted by Gasteiger charge is -2.35. The molecule has 0 saturated carbocycles. The first kappa shape index (κ1) is 18.5. The average Bonchev–Trinajstić information content (AvgIpc) is 2.87. The molecule has 2 aliphatic heterocycles. The summed E-state index contributed by atoms with van der Waals surface area (Å²) in [6.07, 6.45) is 1.01. The molecular formula is C18H25FN2O3S. The highest BCUT2D eigenvalue weighted by atomic mass is 32.2. The van der Waals surface area contributed by atoms with Crippen molar-refractivity contribution in [3.8, 4) is 5.75 Å². The number of thioether (sulfide) groups is 1. The molecule has 2 saturated heterocycles. The first-order chi connectivity index (χ1) is 12.2. The van der Waals surface area contributed by atoms with Crippen LogP contribution in [0.15, 0.2) is 24.3 Å². The summed E-state index contributed by atoms with van der Waals surface area (Å²) in [5.74, 6) is 2.25. The van der Waals surface area contributed by atoms with Crippen LogP contribution < -0.4 is 4.74 Å². The molecule has 0 unspecified atom stereocenters. The topological polar surface area (TPSA) is 42.0 Å². The third-order valence-electron chi connectivity index (χ3n) is 4.51. The Morgan fingerprint density at radius 2 is 2.00 bits per heavy atom. The first-order valence-electron chi connectivity index (χ1n) is 8.78. The predicted molar refractivity (Wildman–Crippen MR) is 96.6 cm³/mol. The van der Waals surface area contributed by atoms with E-state index in [1.54, 1.807) is 12.1 Å². The van der Waals surface area contributed by atoms with Crippen LogP contribution in [0.4, 0.5) is 4.39 Å². The summed E-state index contributed by atoms with van der Waals surface area (Å²) in [6.45, 7) is 5.04. The third kappa shape index (κ3) is 5.59. The molecule has 0 spiro atoms. The van der Waals surface area contributed by atoms with Crippen molar-refractivity contribution in [1.82, 2.24) is 9.80 Å². The zero-order valence-electron chi connectivity index (χ0n) is 14.4. The maximum Gasteiger partial charge on any atom is 0.260 e. The first-order valence-corrected chi connectivity index (χ1v) is 9.93. The monoisotopic (exact) mass is 368 g/mol. The Morgan fingerprint density at radius 1 is 1.24 bits per heavy atom. The van der Waals surface area contributed by atoms with E-state index in [1.807, 2.05) is 16.7 Å². The largest absolute Gasteiger partial charge is 0.484 e. The van der Waals surface area contributed by atoms with Gasteiger partial charge in [0.25, 0.3) is 5.91 Å². The molecule has 1 amide bonds. The second kappa shape index (κ2) is 9.40. The summed E-state index contributed by atoms with van der Waals surface area (Å²) in [5, 5.41) is 0. The van der Waals surface area contributed by atoms with E-state index in [4.69, 9.17) is 9.47 Å². The quantitative estimate of drug-likeness (QED) is 0.794. The molecule has 2 fully saturated rings. The number of halogens is 1. The Kier molecular flexibility index (Phi) is 6.95. The van der Waals surface area contributed by atoms with Gasteiger partial charge in [-0.15, -0.1) is 0 Å². The van der Waals surface area contributed by atoms with Crippen LogP contribution in [0.5, 0.6) is 5.75 Å². The number of hydrogen-bond donors (Lipinski definition) is 0. The highest BCUT2D eigenvalue weighted by Gasteiger charge is 2.28. The second-order valence-electron chi connectivity index (χ2n) is 6.33. The van der Waals surface area contributed by atoms with Crippen molar-refractivity contribution in [2.24, 2.45) is 0 Å². The number of hydrogen-bond acceptors (Lipinski definition) is 5. The van der Waals surface area contributed by atoms with Crippen molar-refractivity contribution in [3.63, 3.8) is 0 Å². The lowest BCUT2D eigenvalue weighted by Crippen LogP contribution is -2.51. The molecule has 138 valence electrons. The van der Waals surface area contributed by atoms with E-state index in [-0.39, 0.29) is 24.4 Å². The SMILES string of the molecule is O=C(COc1ccc(F)cc1)N1CCCSC[C@H]1CN1CCOCC1. The van der Waals surface area contributed by atoms with Gasteiger partial charge in [-0.2, -0.15) is 11.8 Å². The minimum Gasteiger partial charge on any atom is -0.484 e. The summed E-state index contributed by atoms with van der Waals surface area (Å²) in [4.78, 5) is 17.1. The zero-order chi connectivity index (χ0) is 17.5. The number of benzene rings is 1. The second-order valence-corrected chi connectivity index (χ2v) is 7.47. The predicted octanol–water partition coefficient (Wildman–Crippen LogP) is 1.87. The van der Waals surface area contributed by atoms with Crippen molar-refractivity contribution in [2.45, 2.75) is 12.5 Å². The molecule has 0 N–H and O–H groups in total. The highest BCUT2D eigenvalue weighted by Crippen LogP contribution is 2.19. The van der Waals surface area contributed by atoms with Gasteiger partial charge in [0.05, 0.1) is 19.3 Å². The van der Waals surface area contributed by atoms with Crippen molar-refractivity contribution in [3.05, 3.63) is 30.1 Å². The minimum absolute atomic E-state index is 0.00406. The number of morpholine rings is 1. The number of carbonyl (C=O) groups excluding carboxylic acids is 1. The smallest absolute Gasteiger partial charge is 0.260 e. The van der Waals surface area contributed by atoms with E-state index in [0.29, 0.717) is 5.75 Å². The van der Waals surface area contributed by atoms with Crippen molar-refractivity contribution in [1.29, 1.82) is 0 Å². The molecule has 1 aromatic rings. The van der Waals surface area contributed by atoms with Gasteiger partial charge in [-0.05, 0) is 36.4 Å². The number of carbonyl (C=O) groups is 1. The molecule has 0 aliphatic carbocycles. The van der Waals surface area contributed by atoms with Gasteiger partial charge in [0, 0.05) is 31.9 Å². The average molecular weight is 368 g/mol. The van der Waals surface area contributed by atoms with Gasteiger partial charge >= 0.3 is 0 Å². The van der Waals surface area contributed by atoms with Crippen molar-refractivity contribution in [2.75, 3.05) is 57.5 Å². The van der Waals surface area contributed by atoms with E-state index in [2.05, 4.69) is 4.90 Å². The summed E-state index contributed by atoms with van der Waals surface area (Å²) >= 11 is 1.92. The lowest BCUT2D eigenvalue weighted by atomic mass is 10.2. The zero-order valence-corrected chi connectivity index (χ0v) is 15.2. The minimum atomic E-state index is -0.311. The van der Waals surface area contributed by atoms with E-state index in [9.17, 15) is 9.18 Å². The fraction of sp³-hybridized carbons (Fsp3) is 0.611. The van der Waals surface area contributed by atoms with Crippen molar-refractivity contribution >= 4 is 17.7 Å². The standard InChI is InChI=1S/C18H25FN2O3S/c19-15-2-4-17(5-3-15)24-13-18(22)21-6-1-11-25-14-16(21)12-20-7-9-23-10-8-20/h2-5,16H,1,6-14H2/t16-/m1/s1. The Bertz CT molecular complexity index is 552. The molecule has 2 aliphatic rings. The molecule has 7 heteroatoms. The van der Waals surface area contributed by atoms with Crippen LogP contribution in [0.25, 0.3) is 0 Å². The van der Waals surface area contributed by atoms with Gasteiger partial charge in [0.1, 0.15) is 11.6 Å². The molecular weight excluding hydrogens is 343 g/mol. The van der Waals surface area contributed by atoms with Crippen LogP contribution >= 0.6 is 11.8 Å². The van der Waals surface area contributed by atoms with Gasteiger partial charge in [0.2, 0.25) is 0 Å². The summed E-state index contributed by atoms with van der Waals surface area (Å²) in [5.41, 5.74) is 0. The maximum atomic E-state index is 12.9. The fourth-order valence-electron chi connectivity index (χ4n) is 3.15. The van der Waals surface area contributed by atoms with Crippen molar-refractivity contribution < 1.29 is 18.7 Å². The number of ether oxygens (including phenoxy) is 2. The molecule has 0 aromatic heterocycles. The Morgan fingerprint density at radius 3 is 2.76 bits per heavy atom. The van der Waals surface area contributed by atoms with Gasteiger partial charge in [-0.25, -0.2) is 4.39 Å². The number of rotatable bonds is 5. The van der Waals surface area contributed by atoms with Crippen LogP contribution in [0.2, 0.25) is 0 Å². The summed E-state index contributed by atoms with van der Waals surface area (Å²) < 4.78 is 23.9. The van der Waals surface area contributed by atoms with E-state index < -0.39 is 0 Å². The van der Waals surface area contributed by atoms with Crippen LogP contribution in [-0.2, 0) is 9.53 Å². The van der Waals surface area contributed by atoms with Crippen LogP contribution in [0.1, 0.15) is 6.42 Å². The normalized spacial score (nSPS) is 22.4. The maximum absolute atomic E-state index is 12.9. The molecule has 0 radical (unpaired) electrons. The van der Waals surface area contributed by atoms with E-state index in [0.717, 1.165) is 57.3 Å². The van der Waals surface area contributed by atoms with Crippen LogP contribution in [0, 0.1) is 5.82 Å². The van der Waals surface area contributed by atoms with E-state index in [1.165, 1.54) is 12.1 Å². The molecule has 3 rings (SSSR count). The lowest BCUT2D eigenvalue weighted by molar-refractivity contribution is -0.135. The number of nitrogens with zero attached hydrogens (tertiary/aromatic N) is 2. The highest BCUT2D eigenvalue weighted by molar-refractivity contribution is 7.99. The molecule has 25 heavy (non-hydrogen) atoms. The Balaban J connectivity index is 1.57. The summed E-state index contributed by atoms with van der Waals surface area (Å²) in [7, 11) is 0. The Labute approximate surface area is 152 Å². The van der Waals surface area contributed by atoms with Gasteiger partial charge < -0.3 is 14.4 Å². The van der Waals surface area contributed by atoms with E-state index >= 15 is 0 Å². The molecule has 2 heterocycles. The Hall–Kier alpha value is -1.31. The number of amides is 1. The van der Waals surface area contributed by atoms with Gasteiger partial charge in [-0.1, -0.05) is 0 Å². The molecule has 5 nitrogen and oxygen atoms in total. The van der Waals surface area contributed by atoms with Crippen LogP contribution in [0.3, 0.4) is 0 Å². The fourth-order valence-corrected chi connectivity index (χ4v) is 4.21. The molecule has 0 bridgehead atoms. The summed E-state index contributed by atoms with van der Waals surface area (Å²) in [6, 6.07) is 5.97. The molecule has 1 atom stereocenters. The molecule has 1 aromatic carbocycles. The third-order valence-corrected chi connectivity index (χ3v) is 5.71.